The van der Waals surface area contributed by atoms with E-state index in [1.165, 1.54) is 24.4 Å². The van der Waals surface area contributed by atoms with Gasteiger partial charge >= 0.3 is 0 Å². The minimum Gasteiger partial charge on any atom is -0.353 e. The van der Waals surface area contributed by atoms with Crippen molar-refractivity contribution in [3.05, 3.63) is 58.6 Å². The van der Waals surface area contributed by atoms with Crippen molar-refractivity contribution in [1.82, 2.24) is 14.8 Å². The Bertz CT molecular complexity index is 1020. The zero-order valence-electron chi connectivity index (χ0n) is 15.1. The molecule has 0 aliphatic heterocycles. The number of halogens is 2. The SMILES string of the molecule is Cc1cc(Nc2cc(Nc3ccc(F)cc3C#N)c(Cl)cn2)n(C(C)C)n1. The first-order chi connectivity index (χ1) is 12.9. The number of nitrogens with one attached hydrogen (secondary N) is 2. The molecule has 0 spiro atoms. The van der Waals surface area contributed by atoms with E-state index in [-0.39, 0.29) is 11.6 Å². The first kappa shape index (κ1) is 18.7. The van der Waals surface area contributed by atoms with Gasteiger partial charge in [0.05, 0.1) is 33.9 Å². The third kappa shape index (κ3) is 4.18. The highest BCUT2D eigenvalue weighted by Crippen LogP contribution is 2.30. The van der Waals surface area contributed by atoms with E-state index in [1.807, 2.05) is 37.6 Å². The number of hydrogen-bond donors (Lipinski definition) is 2. The van der Waals surface area contributed by atoms with E-state index in [4.69, 9.17) is 11.6 Å². The molecule has 8 heteroatoms. The molecule has 3 rings (SSSR count). The number of nitrogens with zero attached hydrogens (tertiary/aromatic N) is 4. The summed E-state index contributed by atoms with van der Waals surface area (Å²) in [6, 6.07) is 9.74. The average Bonchev–Trinajstić information content (AvgIpc) is 2.99. The maximum absolute atomic E-state index is 13.3. The third-order valence-electron chi connectivity index (χ3n) is 3.83. The summed E-state index contributed by atoms with van der Waals surface area (Å²) in [5, 5.41) is 20.3. The highest BCUT2D eigenvalue weighted by Gasteiger charge is 2.12. The second kappa shape index (κ2) is 7.64. The monoisotopic (exact) mass is 384 g/mol. The largest absolute Gasteiger partial charge is 0.353 e. The Morgan fingerprint density at radius 2 is 1.96 bits per heavy atom. The molecule has 3 aromatic rings. The summed E-state index contributed by atoms with van der Waals surface area (Å²) < 4.78 is 15.2. The van der Waals surface area contributed by atoms with Crippen LogP contribution in [0.25, 0.3) is 0 Å². The van der Waals surface area contributed by atoms with Gasteiger partial charge in [-0.1, -0.05) is 11.6 Å². The number of aromatic nitrogens is 3. The van der Waals surface area contributed by atoms with Crippen molar-refractivity contribution in [2.75, 3.05) is 10.6 Å². The van der Waals surface area contributed by atoms with E-state index in [2.05, 4.69) is 20.7 Å². The minimum absolute atomic E-state index is 0.184. The van der Waals surface area contributed by atoms with Crippen LogP contribution in [0.4, 0.5) is 27.4 Å². The molecule has 0 unspecified atom stereocenters. The second-order valence-electron chi connectivity index (χ2n) is 6.31. The lowest BCUT2D eigenvalue weighted by atomic mass is 10.2. The van der Waals surface area contributed by atoms with Crippen LogP contribution in [0, 0.1) is 24.1 Å². The van der Waals surface area contributed by atoms with E-state index >= 15 is 0 Å². The molecule has 2 heterocycles. The maximum atomic E-state index is 13.3. The molecule has 1 aromatic carbocycles. The molecule has 0 bridgehead atoms. The van der Waals surface area contributed by atoms with Crippen molar-refractivity contribution in [3.63, 3.8) is 0 Å². The first-order valence-electron chi connectivity index (χ1n) is 8.32. The van der Waals surface area contributed by atoms with Gasteiger partial charge in [-0.3, -0.25) is 0 Å². The number of benzene rings is 1. The second-order valence-corrected chi connectivity index (χ2v) is 6.72. The Kier molecular flexibility index (Phi) is 5.28. The van der Waals surface area contributed by atoms with E-state index in [0.717, 1.165) is 11.5 Å². The lowest BCUT2D eigenvalue weighted by Crippen LogP contribution is -2.08. The van der Waals surface area contributed by atoms with Gasteiger partial charge in [-0.15, -0.1) is 0 Å². The molecule has 0 aliphatic carbocycles. The van der Waals surface area contributed by atoms with Crippen LogP contribution in [0.2, 0.25) is 5.02 Å². The van der Waals surface area contributed by atoms with E-state index in [9.17, 15) is 9.65 Å². The van der Waals surface area contributed by atoms with Crippen molar-refractivity contribution >= 4 is 34.6 Å². The summed E-state index contributed by atoms with van der Waals surface area (Å²) in [6.45, 7) is 6.00. The van der Waals surface area contributed by atoms with E-state index < -0.39 is 5.82 Å². The molecule has 0 amide bonds. The number of pyridine rings is 1. The summed E-state index contributed by atoms with van der Waals surface area (Å²) in [4.78, 5) is 4.29. The van der Waals surface area contributed by atoms with Crippen molar-refractivity contribution in [3.8, 4) is 6.07 Å². The van der Waals surface area contributed by atoms with Gasteiger partial charge in [-0.25, -0.2) is 14.1 Å². The summed E-state index contributed by atoms with van der Waals surface area (Å²) in [7, 11) is 0. The number of aryl methyl sites for hydroxylation is 1. The van der Waals surface area contributed by atoms with Gasteiger partial charge in [-0.2, -0.15) is 10.4 Å². The van der Waals surface area contributed by atoms with Gasteiger partial charge in [0, 0.05) is 18.2 Å². The molecule has 27 heavy (non-hydrogen) atoms. The molecule has 138 valence electrons. The van der Waals surface area contributed by atoms with Gasteiger partial charge in [-0.05, 0) is 39.0 Å². The molecule has 0 atom stereocenters. The Labute approximate surface area is 161 Å². The van der Waals surface area contributed by atoms with Crippen LogP contribution in [0.3, 0.4) is 0 Å². The average molecular weight is 385 g/mol. The van der Waals surface area contributed by atoms with Gasteiger partial charge in [0.25, 0.3) is 0 Å². The van der Waals surface area contributed by atoms with Crippen molar-refractivity contribution in [2.24, 2.45) is 0 Å². The summed E-state index contributed by atoms with van der Waals surface area (Å²) in [6.07, 6.45) is 1.50. The standard InChI is InChI=1S/C19H18ClFN6/c1-11(2)27-19(6-12(3)26-27)25-18-8-17(15(20)10-23-18)24-16-5-4-14(21)7-13(16)9-22/h4-8,10-11H,1-3H3,(H2,23,24,25). The maximum Gasteiger partial charge on any atom is 0.133 e. The van der Waals surface area contributed by atoms with Gasteiger partial charge in [0.2, 0.25) is 0 Å². The summed E-state index contributed by atoms with van der Waals surface area (Å²) >= 11 is 6.23. The molecule has 2 N–H and O–H groups in total. The topological polar surface area (TPSA) is 78.6 Å². The zero-order chi connectivity index (χ0) is 19.6. The fourth-order valence-corrected chi connectivity index (χ4v) is 2.75. The van der Waals surface area contributed by atoms with E-state index in [0.29, 0.717) is 22.2 Å². The minimum atomic E-state index is -0.474. The summed E-state index contributed by atoms with van der Waals surface area (Å²) in [5.41, 5.74) is 2.08. The molecule has 0 radical (unpaired) electrons. The zero-order valence-corrected chi connectivity index (χ0v) is 15.8. The normalized spacial score (nSPS) is 10.7. The third-order valence-corrected chi connectivity index (χ3v) is 4.13. The van der Waals surface area contributed by atoms with Gasteiger partial charge in [0.15, 0.2) is 0 Å². The Morgan fingerprint density at radius 3 is 2.67 bits per heavy atom. The summed E-state index contributed by atoms with van der Waals surface area (Å²) in [5.74, 6) is 0.893. The van der Waals surface area contributed by atoms with Crippen LogP contribution in [0.15, 0.2) is 36.5 Å². The highest BCUT2D eigenvalue weighted by atomic mass is 35.5. The van der Waals surface area contributed by atoms with Gasteiger partial charge in [0.1, 0.15) is 23.5 Å². The predicted octanol–water partition coefficient (Wildman–Crippen LogP) is 5.32. The number of nitriles is 1. The smallest absolute Gasteiger partial charge is 0.133 e. The molecular formula is C19H18ClFN6. The van der Waals surface area contributed by atoms with Crippen molar-refractivity contribution in [1.29, 1.82) is 5.26 Å². The molecule has 2 aromatic heterocycles. The van der Waals surface area contributed by atoms with Crippen LogP contribution in [-0.4, -0.2) is 14.8 Å². The molecule has 0 saturated heterocycles. The van der Waals surface area contributed by atoms with E-state index in [1.54, 1.807) is 6.07 Å². The van der Waals surface area contributed by atoms with Crippen molar-refractivity contribution < 1.29 is 4.39 Å². The van der Waals surface area contributed by atoms with Gasteiger partial charge < -0.3 is 10.6 Å². The van der Waals surface area contributed by atoms with Crippen LogP contribution in [-0.2, 0) is 0 Å². The molecule has 0 fully saturated rings. The number of anilines is 4. The Morgan fingerprint density at radius 1 is 1.19 bits per heavy atom. The number of rotatable bonds is 5. The molecule has 0 aliphatic rings. The lowest BCUT2D eigenvalue weighted by molar-refractivity contribution is 0.536. The molecule has 0 saturated carbocycles. The number of hydrogen-bond acceptors (Lipinski definition) is 5. The molecule has 6 nitrogen and oxygen atoms in total. The van der Waals surface area contributed by atoms with Crippen LogP contribution >= 0.6 is 11.6 Å². The fraction of sp³-hybridized carbons (Fsp3) is 0.211. The first-order valence-corrected chi connectivity index (χ1v) is 8.70. The van der Waals surface area contributed by atoms with Crippen LogP contribution in [0.1, 0.15) is 31.1 Å². The van der Waals surface area contributed by atoms with Crippen molar-refractivity contribution in [2.45, 2.75) is 26.8 Å². The Balaban J connectivity index is 1.91. The molecular weight excluding hydrogens is 367 g/mol. The van der Waals surface area contributed by atoms with Crippen LogP contribution in [0.5, 0.6) is 0 Å². The fourth-order valence-electron chi connectivity index (χ4n) is 2.60. The van der Waals surface area contributed by atoms with Crippen LogP contribution < -0.4 is 10.6 Å². The Hall–Kier alpha value is -3.11. The highest BCUT2D eigenvalue weighted by molar-refractivity contribution is 6.33. The predicted molar refractivity (Wildman–Crippen MR) is 104 cm³/mol. The lowest BCUT2D eigenvalue weighted by Gasteiger charge is -2.14. The quantitative estimate of drug-likeness (QED) is 0.622.